The number of rotatable bonds is 7. The van der Waals surface area contributed by atoms with Crippen LogP contribution in [0, 0.1) is 0 Å². The van der Waals surface area contributed by atoms with Crippen molar-refractivity contribution < 1.29 is 10.1 Å². The SMILES string of the molecule is CC1(C)CC(c2csc(/C=C(\N)c3ccc(C(=C/N)/C=N/PI)cc3OO)c2N)CC(C)(C)N1. The number of allylic oxidation sites excluding steroid dienone is 1. The minimum absolute atomic E-state index is 0.0314. The van der Waals surface area contributed by atoms with Gasteiger partial charge in [0.2, 0.25) is 0 Å². The van der Waals surface area contributed by atoms with Gasteiger partial charge in [-0.1, -0.05) is 6.07 Å². The average Bonchev–Trinajstić information content (AvgIpc) is 3.12. The summed E-state index contributed by atoms with van der Waals surface area (Å²) < 4.78 is 4.24. The molecule has 1 unspecified atom stereocenters. The van der Waals surface area contributed by atoms with Crippen molar-refractivity contribution in [3.63, 3.8) is 0 Å². The Morgan fingerprint density at radius 3 is 2.56 bits per heavy atom. The van der Waals surface area contributed by atoms with Crippen LogP contribution in [0.5, 0.6) is 5.75 Å². The average molecular weight is 614 g/mol. The molecule has 7 nitrogen and oxygen atoms in total. The zero-order valence-corrected chi connectivity index (χ0v) is 23.8. The highest BCUT2D eigenvalue weighted by Gasteiger charge is 2.39. The molecule has 0 aliphatic carbocycles. The molecule has 1 aliphatic heterocycles. The van der Waals surface area contributed by atoms with Crippen LogP contribution in [-0.2, 0) is 0 Å². The van der Waals surface area contributed by atoms with Crippen molar-refractivity contribution in [1.82, 2.24) is 5.32 Å². The molecule has 34 heavy (non-hydrogen) atoms. The molecule has 2 aromatic rings. The Morgan fingerprint density at radius 2 is 1.97 bits per heavy atom. The lowest BCUT2D eigenvalue weighted by Gasteiger charge is -2.46. The number of halogens is 1. The van der Waals surface area contributed by atoms with Gasteiger partial charge >= 0.3 is 0 Å². The van der Waals surface area contributed by atoms with Crippen molar-refractivity contribution >= 4 is 69.0 Å². The number of hydrogen-bond donors (Lipinski definition) is 5. The third kappa shape index (κ3) is 6.31. The third-order valence-electron chi connectivity index (χ3n) is 5.96. The number of nitrogens with two attached hydrogens (primary N) is 3. The number of hydrogen-bond acceptors (Lipinski definition) is 8. The van der Waals surface area contributed by atoms with Gasteiger partial charge in [0.25, 0.3) is 0 Å². The third-order valence-corrected chi connectivity index (χ3v) is 7.99. The van der Waals surface area contributed by atoms with Crippen LogP contribution in [0.25, 0.3) is 17.3 Å². The summed E-state index contributed by atoms with van der Waals surface area (Å²) in [5.41, 5.74) is 23.3. The Balaban J connectivity index is 1.91. The van der Waals surface area contributed by atoms with Crippen molar-refractivity contribution in [2.75, 3.05) is 5.73 Å². The Kier molecular flexibility index (Phi) is 8.68. The lowest BCUT2D eigenvalue weighted by molar-refractivity contribution is -0.137. The van der Waals surface area contributed by atoms with E-state index in [1.54, 1.807) is 29.7 Å². The van der Waals surface area contributed by atoms with Crippen LogP contribution >= 0.6 is 39.8 Å². The molecule has 1 aromatic heterocycles. The summed E-state index contributed by atoms with van der Waals surface area (Å²) in [7, 11) is 0. The summed E-state index contributed by atoms with van der Waals surface area (Å²) >= 11 is 3.76. The predicted octanol–water partition coefficient (Wildman–Crippen LogP) is 5.98. The summed E-state index contributed by atoms with van der Waals surface area (Å²) in [6.45, 7) is 8.95. The van der Waals surface area contributed by atoms with Gasteiger partial charge in [0.15, 0.2) is 5.75 Å². The molecular formula is C24H33IN5O2PS. The Bertz CT molecular complexity index is 1110. The second kappa shape index (κ2) is 11.0. The number of benzene rings is 1. The van der Waals surface area contributed by atoms with Gasteiger partial charge in [0.05, 0.1) is 16.9 Å². The molecule has 3 rings (SSSR count). The largest absolute Gasteiger partial charge is 0.404 e. The minimum Gasteiger partial charge on any atom is -0.404 e. The van der Waals surface area contributed by atoms with Crippen molar-refractivity contribution in [3.05, 3.63) is 51.3 Å². The van der Waals surface area contributed by atoms with E-state index in [-0.39, 0.29) is 16.8 Å². The summed E-state index contributed by atoms with van der Waals surface area (Å²) in [6, 6.07) is 5.33. The number of piperidine rings is 1. The van der Waals surface area contributed by atoms with Crippen LogP contribution in [0.3, 0.4) is 0 Å². The van der Waals surface area contributed by atoms with E-state index in [9.17, 15) is 5.26 Å². The van der Waals surface area contributed by atoms with E-state index in [1.807, 2.05) is 12.1 Å². The van der Waals surface area contributed by atoms with Crippen molar-refractivity contribution in [1.29, 1.82) is 0 Å². The second-order valence-electron chi connectivity index (χ2n) is 9.83. The number of nitrogens with zero attached hydrogens (tertiary/aromatic N) is 1. The van der Waals surface area contributed by atoms with Crippen molar-refractivity contribution in [2.45, 2.75) is 57.5 Å². The summed E-state index contributed by atoms with van der Waals surface area (Å²) in [5, 5.41) is 15.4. The van der Waals surface area contributed by atoms with Gasteiger partial charge in [-0.25, -0.2) is 5.26 Å². The minimum atomic E-state index is 0.0314. The maximum Gasteiger partial charge on any atom is 0.175 e. The Morgan fingerprint density at radius 1 is 1.29 bits per heavy atom. The first-order chi connectivity index (χ1) is 16.0. The van der Waals surface area contributed by atoms with Crippen LogP contribution in [-0.4, -0.2) is 22.5 Å². The molecule has 0 radical (unpaired) electrons. The lowest BCUT2D eigenvalue weighted by Crippen LogP contribution is -2.57. The highest BCUT2D eigenvalue weighted by atomic mass is 127. The number of thiophene rings is 1. The Hall–Kier alpha value is -1.65. The zero-order chi connectivity index (χ0) is 25.1. The van der Waals surface area contributed by atoms with Gasteiger partial charge in [0, 0.05) is 40.3 Å². The first kappa shape index (κ1) is 26.9. The van der Waals surface area contributed by atoms with Gasteiger partial charge in [-0.15, -0.1) is 11.3 Å². The van der Waals surface area contributed by atoms with E-state index >= 15 is 0 Å². The molecule has 184 valence electrons. The van der Waals surface area contributed by atoms with E-state index in [1.165, 1.54) is 11.8 Å². The van der Waals surface area contributed by atoms with E-state index < -0.39 is 0 Å². The number of anilines is 1. The van der Waals surface area contributed by atoms with Crippen LogP contribution < -0.4 is 27.4 Å². The maximum absolute atomic E-state index is 9.52. The van der Waals surface area contributed by atoms with E-state index in [0.29, 0.717) is 23.6 Å². The van der Waals surface area contributed by atoms with Crippen LogP contribution in [0.15, 0.2) is 34.5 Å². The van der Waals surface area contributed by atoms with E-state index in [2.05, 4.69) is 70.1 Å². The molecule has 2 heterocycles. The van der Waals surface area contributed by atoms with Crippen LogP contribution in [0.2, 0.25) is 0 Å². The summed E-state index contributed by atoms with van der Waals surface area (Å²) in [4.78, 5) is 5.55. The van der Waals surface area contributed by atoms with Crippen LogP contribution in [0.1, 0.15) is 68.0 Å². The van der Waals surface area contributed by atoms with Gasteiger partial charge in [0.1, 0.15) is 0 Å². The summed E-state index contributed by atoms with van der Waals surface area (Å²) in [5.74, 6) is 0.598. The highest BCUT2D eigenvalue weighted by molar-refractivity contribution is 14.2. The molecule has 0 amide bonds. The lowest BCUT2D eigenvalue weighted by atomic mass is 9.73. The fourth-order valence-corrected chi connectivity index (χ4v) is 6.53. The standard InChI is InChI=1S/C24H33IN5O2PS/c1-23(2)9-15(10-24(3,4)30-23)18-13-34-21(22(18)28)8-19(27)17-6-5-14(7-20(17)32-31)16(11-26)12-29-33-25/h5-8,11-13,15,30-31,33H,9-10,26-28H2,1-4H3/b16-11+,19-8-,29-12+. The topological polar surface area (TPSA) is 132 Å². The van der Waals surface area contributed by atoms with E-state index in [0.717, 1.165) is 34.5 Å². The van der Waals surface area contributed by atoms with Gasteiger partial charge in [-0.3, -0.25) is 4.76 Å². The van der Waals surface area contributed by atoms with Gasteiger partial charge in [-0.05, 0) is 103 Å². The fourth-order valence-electron chi connectivity index (χ4n) is 4.91. The van der Waals surface area contributed by atoms with Gasteiger partial charge < -0.3 is 27.4 Å². The predicted molar refractivity (Wildman–Crippen MR) is 157 cm³/mol. The molecule has 10 heteroatoms. The smallest absolute Gasteiger partial charge is 0.175 e. The number of nitrogens with one attached hydrogen (secondary N) is 1. The van der Waals surface area contributed by atoms with Gasteiger partial charge in [-0.2, -0.15) is 0 Å². The van der Waals surface area contributed by atoms with Crippen molar-refractivity contribution in [3.8, 4) is 5.75 Å². The molecule has 1 fully saturated rings. The fraction of sp³-hybridized carbons (Fsp3) is 0.375. The molecule has 1 saturated heterocycles. The molecule has 0 spiro atoms. The van der Waals surface area contributed by atoms with Crippen LogP contribution in [0.4, 0.5) is 5.69 Å². The first-order valence-corrected chi connectivity index (χ1v) is 15.8. The first-order valence-electron chi connectivity index (χ1n) is 10.9. The quantitative estimate of drug-likeness (QED) is 0.0859. The monoisotopic (exact) mass is 613 g/mol. The molecule has 0 bridgehead atoms. The van der Waals surface area contributed by atoms with E-state index in [4.69, 9.17) is 17.2 Å². The number of nitrogen functional groups attached to an aromatic ring is 1. The van der Waals surface area contributed by atoms with Crippen molar-refractivity contribution in [2.24, 2.45) is 16.2 Å². The summed E-state index contributed by atoms with van der Waals surface area (Å²) in [6.07, 6.45) is 7.41. The molecule has 1 atom stereocenters. The molecule has 8 N–H and O–H groups in total. The zero-order valence-electron chi connectivity index (χ0n) is 19.9. The highest BCUT2D eigenvalue weighted by Crippen LogP contribution is 2.44. The molecular weight excluding hydrogens is 580 g/mol. The molecule has 0 saturated carbocycles. The molecule has 1 aliphatic rings. The normalized spacial score (nSPS) is 19.4. The molecule has 1 aromatic carbocycles. The maximum atomic E-state index is 9.52. The Labute approximate surface area is 220 Å². The second-order valence-corrected chi connectivity index (χ2v) is 12.6.